The molecule has 0 spiro atoms. The Morgan fingerprint density at radius 3 is 2.46 bits per heavy atom. The van der Waals surface area contributed by atoms with Gasteiger partial charge in [-0.05, 0) is 12.1 Å². The normalized spacial score (nSPS) is 14.9. The van der Waals surface area contributed by atoms with E-state index in [9.17, 15) is 8.78 Å². The molecule has 1 saturated heterocycles. The van der Waals surface area contributed by atoms with Crippen LogP contribution in [-0.2, 0) is 6.54 Å². The van der Waals surface area contributed by atoms with Gasteiger partial charge in [-0.15, -0.1) is 5.10 Å². The number of benzene rings is 2. The quantitative estimate of drug-likeness (QED) is 0.418. The van der Waals surface area contributed by atoms with Crippen molar-refractivity contribution in [2.45, 2.75) is 6.54 Å². The second kappa shape index (κ2) is 8.58. The average molecular weight is 476 g/mol. The Balaban J connectivity index is 1.17. The fourth-order valence-electron chi connectivity index (χ4n) is 4.52. The molecule has 0 saturated carbocycles. The maximum atomic E-state index is 14.1. The van der Waals surface area contributed by atoms with Crippen LogP contribution in [0, 0.1) is 11.6 Å². The third-order valence-corrected chi connectivity index (χ3v) is 6.38. The Labute approximate surface area is 199 Å². The zero-order valence-electron chi connectivity index (χ0n) is 18.8. The van der Waals surface area contributed by atoms with Gasteiger partial charge in [0, 0.05) is 44.4 Å². The molecule has 0 atom stereocenters. The predicted octanol–water partition coefficient (Wildman–Crippen LogP) is 2.82. The van der Waals surface area contributed by atoms with E-state index < -0.39 is 11.6 Å². The highest BCUT2D eigenvalue weighted by molar-refractivity contribution is 5.90. The number of nitrogens with two attached hydrogens (primary N) is 1. The summed E-state index contributed by atoms with van der Waals surface area (Å²) < 4.78 is 30.7. The van der Waals surface area contributed by atoms with Gasteiger partial charge >= 0.3 is 0 Å². The highest BCUT2D eigenvalue weighted by Crippen LogP contribution is 2.24. The van der Waals surface area contributed by atoms with Gasteiger partial charge in [0.25, 0.3) is 0 Å². The van der Waals surface area contributed by atoms with Crippen LogP contribution in [0.1, 0.15) is 0 Å². The Hall–Kier alpha value is -4.12. The predicted molar refractivity (Wildman–Crippen MR) is 129 cm³/mol. The summed E-state index contributed by atoms with van der Waals surface area (Å²) in [7, 11) is 0. The number of halogens is 2. The largest absolute Gasteiger partial charge is 0.368 e. The second-order valence-electron chi connectivity index (χ2n) is 8.54. The first kappa shape index (κ1) is 21.4. The van der Waals surface area contributed by atoms with Gasteiger partial charge in [-0.2, -0.15) is 14.6 Å². The maximum absolute atomic E-state index is 14.1. The Kier molecular flexibility index (Phi) is 5.25. The number of piperazine rings is 1. The number of rotatable bonds is 5. The lowest BCUT2D eigenvalue weighted by atomic mass is 10.2. The molecule has 6 rings (SSSR count). The van der Waals surface area contributed by atoms with Crippen LogP contribution in [0.2, 0.25) is 0 Å². The zero-order valence-corrected chi connectivity index (χ0v) is 18.8. The minimum absolute atomic E-state index is 0.249. The van der Waals surface area contributed by atoms with Crippen LogP contribution in [0.4, 0.5) is 20.4 Å². The minimum atomic E-state index is -0.565. The van der Waals surface area contributed by atoms with Crippen molar-refractivity contribution in [2.75, 3.05) is 43.4 Å². The molecule has 5 aromatic rings. The van der Waals surface area contributed by atoms with Crippen molar-refractivity contribution in [3.63, 3.8) is 0 Å². The highest BCUT2D eigenvalue weighted by atomic mass is 19.1. The molecular formula is C24H23F2N9. The van der Waals surface area contributed by atoms with Gasteiger partial charge < -0.3 is 10.6 Å². The number of fused-ring (bicyclic) bond motifs is 3. The number of hydrogen-bond donors (Lipinski definition) is 1. The maximum Gasteiger partial charge on any atom is 0.225 e. The highest BCUT2D eigenvalue weighted by Gasteiger charge is 2.21. The van der Waals surface area contributed by atoms with Gasteiger partial charge in [-0.25, -0.2) is 18.4 Å². The van der Waals surface area contributed by atoms with Crippen LogP contribution in [0.25, 0.3) is 28.1 Å². The first-order chi connectivity index (χ1) is 17.1. The molecule has 1 fully saturated rings. The lowest BCUT2D eigenvalue weighted by Gasteiger charge is -2.36. The van der Waals surface area contributed by atoms with Crippen molar-refractivity contribution >= 4 is 28.3 Å². The summed E-state index contributed by atoms with van der Waals surface area (Å²) >= 11 is 0. The summed E-state index contributed by atoms with van der Waals surface area (Å²) in [6.07, 6.45) is 1.75. The van der Waals surface area contributed by atoms with E-state index in [0.717, 1.165) is 36.7 Å². The molecule has 0 radical (unpaired) electrons. The molecule has 1 aliphatic heterocycles. The summed E-state index contributed by atoms with van der Waals surface area (Å²) in [6, 6.07) is 13.4. The van der Waals surface area contributed by atoms with E-state index >= 15 is 0 Å². The molecule has 1 aliphatic rings. The summed E-state index contributed by atoms with van der Waals surface area (Å²) in [4.78, 5) is 13.5. The topological polar surface area (TPSA) is 93.4 Å². The van der Waals surface area contributed by atoms with E-state index in [1.54, 1.807) is 10.7 Å². The smallest absolute Gasteiger partial charge is 0.225 e. The van der Waals surface area contributed by atoms with Gasteiger partial charge in [0.2, 0.25) is 5.95 Å². The van der Waals surface area contributed by atoms with Crippen LogP contribution in [0.15, 0.2) is 54.7 Å². The van der Waals surface area contributed by atoms with E-state index in [1.807, 2.05) is 39.9 Å². The molecule has 0 unspecified atom stereocenters. The van der Waals surface area contributed by atoms with Crippen LogP contribution in [0.3, 0.4) is 0 Å². The molecule has 11 heteroatoms. The van der Waals surface area contributed by atoms with Crippen molar-refractivity contribution in [1.82, 2.24) is 34.3 Å². The summed E-state index contributed by atoms with van der Waals surface area (Å²) in [5.74, 6) is -0.265. The molecule has 178 valence electrons. The van der Waals surface area contributed by atoms with Crippen molar-refractivity contribution in [3.8, 4) is 11.4 Å². The molecule has 35 heavy (non-hydrogen) atoms. The van der Waals surface area contributed by atoms with Crippen molar-refractivity contribution in [2.24, 2.45) is 0 Å². The van der Waals surface area contributed by atoms with E-state index in [4.69, 9.17) is 10.7 Å². The van der Waals surface area contributed by atoms with Crippen LogP contribution >= 0.6 is 0 Å². The molecule has 9 nitrogen and oxygen atoms in total. The first-order valence-electron chi connectivity index (χ1n) is 11.4. The standard InChI is InChI=1S/C24H23F2N9/c25-17-6-7-20(19(26)14-17)33-11-8-32(9-12-33)10-13-34-22-18(15-28-34)23-29-21(16-4-2-1-3-5-16)31-35(23)24(27)30-22/h1-7,14-15H,8-13H2,(H2,27,30). The molecule has 2 N–H and O–H groups in total. The molecule has 2 aromatic carbocycles. The van der Waals surface area contributed by atoms with Crippen LogP contribution < -0.4 is 10.6 Å². The molecule has 4 heterocycles. The molecule has 0 aliphatic carbocycles. The summed E-state index contributed by atoms with van der Waals surface area (Å²) in [5.41, 5.74) is 8.83. The van der Waals surface area contributed by atoms with E-state index in [2.05, 4.69) is 20.1 Å². The van der Waals surface area contributed by atoms with Crippen LogP contribution in [0.5, 0.6) is 0 Å². The summed E-state index contributed by atoms with van der Waals surface area (Å²) in [5, 5.41) is 9.84. The Bertz CT molecular complexity index is 1500. The van der Waals surface area contributed by atoms with E-state index in [0.29, 0.717) is 42.4 Å². The SMILES string of the molecule is Nc1nc2c(cnn2CCN2CCN(c3ccc(F)cc3F)CC2)c2nc(-c3ccccc3)nn12. The monoisotopic (exact) mass is 475 g/mol. The molecule has 0 amide bonds. The number of aromatic nitrogens is 6. The van der Waals surface area contributed by atoms with E-state index in [1.165, 1.54) is 12.1 Å². The van der Waals surface area contributed by atoms with Gasteiger partial charge in [0.1, 0.15) is 11.6 Å². The Morgan fingerprint density at radius 1 is 0.886 bits per heavy atom. The first-order valence-corrected chi connectivity index (χ1v) is 11.4. The van der Waals surface area contributed by atoms with E-state index in [-0.39, 0.29) is 5.95 Å². The number of hydrogen-bond acceptors (Lipinski definition) is 7. The van der Waals surface area contributed by atoms with Crippen molar-refractivity contribution in [3.05, 3.63) is 66.4 Å². The van der Waals surface area contributed by atoms with Gasteiger partial charge in [-0.3, -0.25) is 4.90 Å². The fraction of sp³-hybridized carbons (Fsp3) is 0.250. The Morgan fingerprint density at radius 2 is 1.69 bits per heavy atom. The third-order valence-electron chi connectivity index (χ3n) is 6.38. The van der Waals surface area contributed by atoms with Gasteiger partial charge in [-0.1, -0.05) is 30.3 Å². The minimum Gasteiger partial charge on any atom is -0.368 e. The van der Waals surface area contributed by atoms with Gasteiger partial charge in [0.05, 0.1) is 23.8 Å². The third kappa shape index (κ3) is 3.93. The van der Waals surface area contributed by atoms with Gasteiger partial charge in [0.15, 0.2) is 17.1 Å². The van der Waals surface area contributed by atoms with Crippen LogP contribution in [-0.4, -0.2) is 67.0 Å². The number of anilines is 2. The lowest BCUT2D eigenvalue weighted by Crippen LogP contribution is -2.47. The zero-order chi connectivity index (χ0) is 23.9. The van der Waals surface area contributed by atoms with Crippen molar-refractivity contribution < 1.29 is 8.78 Å². The molecular weight excluding hydrogens is 452 g/mol. The van der Waals surface area contributed by atoms with Crippen molar-refractivity contribution in [1.29, 1.82) is 0 Å². The molecule has 3 aromatic heterocycles. The number of nitrogens with zero attached hydrogens (tertiary/aromatic N) is 8. The lowest BCUT2D eigenvalue weighted by molar-refractivity contribution is 0.245. The fourth-order valence-corrected chi connectivity index (χ4v) is 4.52. The molecule has 0 bridgehead atoms. The summed E-state index contributed by atoms with van der Waals surface area (Å²) in [6.45, 7) is 4.23. The average Bonchev–Trinajstić information content (AvgIpc) is 3.49. The number of nitrogen functional groups attached to an aromatic ring is 1. The second-order valence-corrected chi connectivity index (χ2v) is 8.54.